The highest BCUT2D eigenvalue weighted by Gasteiger charge is 2.11. The molecule has 0 fully saturated rings. The fourth-order valence-electron chi connectivity index (χ4n) is 2.15. The van der Waals surface area contributed by atoms with Crippen LogP contribution in [0.25, 0.3) is 10.8 Å². The minimum Gasteiger partial charge on any atom is -0.310 e. The Bertz CT molecular complexity index is 500. The summed E-state index contributed by atoms with van der Waals surface area (Å²) in [6, 6.07) is 8.67. The highest BCUT2D eigenvalue weighted by atomic mass is 14.9. The number of fused-ring (bicyclic) bond motifs is 1. The zero-order valence-electron chi connectivity index (χ0n) is 10.2. The zero-order valence-corrected chi connectivity index (χ0v) is 10.2. The summed E-state index contributed by atoms with van der Waals surface area (Å²) in [6.45, 7) is 6.89. The van der Waals surface area contributed by atoms with Crippen LogP contribution in [-0.4, -0.2) is 11.5 Å². The Labute approximate surface area is 102 Å². The number of rotatable bonds is 5. The van der Waals surface area contributed by atoms with Crippen LogP contribution in [0.15, 0.2) is 49.3 Å². The van der Waals surface area contributed by atoms with E-state index in [1.165, 1.54) is 16.3 Å². The van der Waals surface area contributed by atoms with Crippen molar-refractivity contribution in [3.05, 3.63) is 54.9 Å². The van der Waals surface area contributed by atoms with Crippen LogP contribution < -0.4 is 5.32 Å². The van der Waals surface area contributed by atoms with Gasteiger partial charge in [-0.25, -0.2) is 0 Å². The molecule has 0 aliphatic rings. The Hall–Kier alpha value is -1.67. The molecule has 0 saturated heterocycles. The maximum absolute atomic E-state index is 4.32. The van der Waals surface area contributed by atoms with Crippen molar-refractivity contribution < 1.29 is 0 Å². The van der Waals surface area contributed by atoms with Crippen LogP contribution in [0, 0.1) is 0 Å². The first-order chi connectivity index (χ1) is 8.36. The van der Waals surface area contributed by atoms with E-state index in [0.717, 1.165) is 13.0 Å². The first-order valence-electron chi connectivity index (χ1n) is 6.03. The number of hydrogen-bond acceptors (Lipinski definition) is 2. The molecule has 17 heavy (non-hydrogen) atoms. The lowest BCUT2D eigenvalue weighted by molar-refractivity contribution is 0.561. The third-order valence-electron chi connectivity index (χ3n) is 2.93. The molecule has 2 rings (SSSR count). The molecule has 2 nitrogen and oxygen atoms in total. The van der Waals surface area contributed by atoms with Gasteiger partial charge in [-0.1, -0.05) is 37.3 Å². The van der Waals surface area contributed by atoms with E-state index in [4.69, 9.17) is 0 Å². The predicted octanol–water partition coefficient (Wildman–Crippen LogP) is 3.46. The summed E-state index contributed by atoms with van der Waals surface area (Å²) in [5.41, 5.74) is 1.25. The maximum Gasteiger partial charge on any atom is 0.0376 e. The minimum absolute atomic E-state index is 0.302. The summed E-state index contributed by atoms with van der Waals surface area (Å²) in [4.78, 5) is 4.32. The van der Waals surface area contributed by atoms with Gasteiger partial charge < -0.3 is 5.32 Å². The van der Waals surface area contributed by atoms with Gasteiger partial charge in [0.05, 0.1) is 0 Å². The van der Waals surface area contributed by atoms with Crippen LogP contribution in [0.1, 0.15) is 24.9 Å². The monoisotopic (exact) mass is 226 g/mol. The number of nitrogens with zero attached hydrogens (tertiary/aromatic N) is 1. The summed E-state index contributed by atoms with van der Waals surface area (Å²) >= 11 is 0. The molecule has 1 atom stereocenters. The van der Waals surface area contributed by atoms with Crippen molar-refractivity contribution in [3.63, 3.8) is 0 Å². The second-order valence-electron chi connectivity index (χ2n) is 4.08. The summed E-state index contributed by atoms with van der Waals surface area (Å²) < 4.78 is 0. The first-order valence-corrected chi connectivity index (χ1v) is 6.03. The van der Waals surface area contributed by atoms with Crippen molar-refractivity contribution in [2.45, 2.75) is 19.4 Å². The van der Waals surface area contributed by atoms with Crippen molar-refractivity contribution in [3.8, 4) is 0 Å². The normalized spacial score (nSPS) is 12.5. The second-order valence-corrected chi connectivity index (χ2v) is 4.08. The molecule has 1 N–H and O–H groups in total. The molecular formula is C15H18N2. The van der Waals surface area contributed by atoms with E-state index >= 15 is 0 Å². The second kappa shape index (κ2) is 5.60. The van der Waals surface area contributed by atoms with E-state index in [1.54, 1.807) is 0 Å². The zero-order chi connectivity index (χ0) is 12.1. The summed E-state index contributed by atoms with van der Waals surface area (Å²) in [7, 11) is 0. The Morgan fingerprint density at radius 2 is 2.18 bits per heavy atom. The number of hydrogen-bond donors (Lipinski definition) is 1. The molecule has 0 bridgehead atoms. The van der Waals surface area contributed by atoms with Gasteiger partial charge in [0.1, 0.15) is 0 Å². The van der Waals surface area contributed by atoms with E-state index in [1.807, 2.05) is 24.5 Å². The van der Waals surface area contributed by atoms with Gasteiger partial charge >= 0.3 is 0 Å². The fraction of sp³-hybridized carbons (Fsp3) is 0.267. The minimum atomic E-state index is 0.302. The van der Waals surface area contributed by atoms with Crippen LogP contribution in [0.2, 0.25) is 0 Å². The Balaban J connectivity index is 2.48. The quantitative estimate of drug-likeness (QED) is 0.790. The van der Waals surface area contributed by atoms with Gasteiger partial charge in [0.25, 0.3) is 0 Å². The van der Waals surface area contributed by atoms with E-state index in [0.29, 0.717) is 6.04 Å². The Morgan fingerprint density at radius 3 is 2.94 bits per heavy atom. The van der Waals surface area contributed by atoms with Crippen LogP contribution in [0.3, 0.4) is 0 Å². The topological polar surface area (TPSA) is 24.9 Å². The van der Waals surface area contributed by atoms with Crippen molar-refractivity contribution in [1.29, 1.82) is 0 Å². The molecule has 1 aromatic heterocycles. The molecule has 0 amide bonds. The van der Waals surface area contributed by atoms with E-state index in [2.05, 4.69) is 42.0 Å². The predicted molar refractivity (Wildman–Crippen MR) is 73.0 cm³/mol. The molecule has 2 heteroatoms. The van der Waals surface area contributed by atoms with Gasteiger partial charge in [-0.2, -0.15) is 0 Å². The molecular weight excluding hydrogens is 208 g/mol. The van der Waals surface area contributed by atoms with Gasteiger partial charge in [0.15, 0.2) is 0 Å². The van der Waals surface area contributed by atoms with Gasteiger partial charge in [0.2, 0.25) is 0 Å². The van der Waals surface area contributed by atoms with Gasteiger partial charge in [-0.05, 0) is 23.9 Å². The van der Waals surface area contributed by atoms with Gasteiger partial charge in [-0.3, -0.25) is 4.98 Å². The van der Waals surface area contributed by atoms with Crippen molar-refractivity contribution in [1.82, 2.24) is 10.3 Å². The molecule has 88 valence electrons. The van der Waals surface area contributed by atoms with E-state index in [9.17, 15) is 0 Å². The SMILES string of the molecule is C=CCC(NCC)c1cncc2ccccc12. The number of benzene rings is 1. The Kier molecular flexibility index (Phi) is 3.89. The summed E-state index contributed by atoms with van der Waals surface area (Å²) in [5.74, 6) is 0. The van der Waals surface area contributed by atoms with E-state index < -0.39 is 0 Å². The molecule has 0 spiro atoms. The smallest absolute Gasteiger partial charge is 0.0376 e. The molecule has 0 saturated carbocycles. The van der Waals surface area contributed by atoms with Crippen molar-refractivity contribution >= 4 is 10.8 Å². The number of nitrogens with one attached hydrogen (secondary N) is 1. The molecule has 1 heterocycles. The van der Waals surface area contributed by atoms with Gasteiger partial charge in [0, 0.05) is 23.8 Å². The average molecular weight is 226 g/mol. The summed E-state index contributed by atoms with van der Waals surface area (Å²) in [6.07, 6.45) is 6.74. The molecule has 0 aliphatic carbocycles. The number of pyridine rings is 1. The molecule has 0 radical (unpaired) electrons. The van der Waals surface area contributed by atoms with Crippen LogP contribution in [0.5, 0.6) is 0 Å². The molecule has 1 unspecified atom stereocenters. The largest absolute Gasteiger partial charge is 0.310 e. The highest BCUT2D eigenvalue weighted by Crippen LogP contribution is 2.25. The molecule has 1 aromatic carbocycles. The third kappa shape index (κ3) is 2.53. The fourth-order valence-corrected chi connectivity index (χ4v) is 2.15. The maximum atomic E-state index is 4.32. The summed E-state index contributed by atoms with van der Waals surface area (Å²) in [5, 5.41) is 5.95. The van der Waals surface area contributed by atoms with Crippen LogP contribution in [0.4, 0.5) is 0 Å². The lowest BCUT2D eigenvalue weighted by atomic mass is 9.99. The van der Waals surface area contributed by atoms with Crippen LogP contribution >= 0.6 is 0 Å². The Morgan fingerprint density at radius 1 is 1.35 bits per heavy atom. The lowest BCUT2D eigenvalue weighted by Crippen LogP contribution is -2.20. The molecule has 0 aliphatic heterocycles. The first kappa shape index (κ1) is 11.8. The average Bonchev–Trinajstić information content (AvgIpc) is 2.38. The highest BCUT2D eigenvalue weighted by molar-refractivity contribution is 5.85. The number of aromatic nitrogens is 1. The molecule has 2 aromatic rings. The van der Waals surface area contributed by atoms with Crippen LogP contribution in [-0.2, 0) is 0 Å². The van der Waals surface area contributed by atoms with E-state index in [-0.39, 0.29) is 0 Å². The van der Waals surface area contributed by atoms with Gasteiger partial charge in [-0.15, -0.1) is 6.58 Å². The van der Waals surface area contributed by atoms with Crippen molar-refractivity contribution in [2.24, 2.45) is 0 Å². The standard InChI is InChI=1S/C15H18N2/c1-3-7-15(17-4-2)14-11-16-10-12-8-5-6-9-13(12)14/h3,5-6,8-11,15,17H,1,4,7H2,2H3. The van der Waals surface area contributed by atoms with Crippen molar-refractivity contribution in [2.75, 3.05) is 6.54 Å². The third-order valence-corrected chi connectivity index (χ3v) is 2.93. The lowest BCUT2D eigenvalue weighted by Gasteiger charge is -2.18.